The van der Waals surface area contributed by atoms with Gasteiger partial charge in [0, 0.05) is 6.61 Å². The van der Waals surface area contributed by atoms with Gasteiger partial charge in [0.15, 0.2) is 4.84 Å². The molecule has 2 heterocycles. The van der Waals surface area contributed by atoms with Gasteiger partial charge in [0.25, 0.3) is 5.91 Å². The molecule has 0 aliphatic carbocycles. The van der Waals surface area contributed by atoms with E-state index in [1.54, 1.807) is 0 Å². The van der Waals surface area contributed by atoms with Crippen molar-refractivity contribution in [2.45, 2.75) is 23.8 Å². The molecule has 1 N–H and O–H groups in total. The summed E-state index contributed by atoms with van der Waals surface area (Å²) in [7, 11) is 0. The minimum Gasteiger partial charge on any atom is -0.371 e. The van der Waals surface area contributed by atoms with Crippen LogP contribution in [0.1, 0.15) is 24.0 Å². The van der Waals surface area contributed by atoms with Gasteiger partial charge in [-0.2, -0.15) is 0 Å². The molecule has 8 heteroatoms. The Morgan fingerprint density at radius 2 is 2.38 bits per heavy atom. The maximum absolute atomic E-state index is 11.2. The second-order valence-electron chi connectivity index (χ2n) is 3.24. The van der Waals surface area contributed by atoms with E-state index in [0.717, 1.165) is 24.5 Å². The normalized spacial score (nSPS) is 20.3. The van der Waals surface area contributed by atoms with Crippen molar-refractivity contribution < 1.29 is 9.53 Å². The van der Waals surface area contributed by atoms with E-state index < -0.39 is 10.7 Å². The molecule has 1 aromatic heterocycles. The maximum atomic E-state index is 11.2. The number of halogens is 2. The summed E-state index contributed by atoms with van der Waals surface area (Å²) in [6.07, 6.45) is 1.97. The minimum atomic E-state index is -1.10. The standard InChI is InChI=1S/C8H9Cl2N3O2S/c9-5(10)6(14)11-8-13-12-7(16-8)4-2-1-3-15-4/h4-5H,1-3H2,(H,11,13,14)/t4-/m0/s1. The lowest BCUT2D eigenvalue weighted by Crippen LogP contribution is -2.18. The zero-order valence-corrected chi connectivity index (χ0v) is 10.5. The van der Waals surface area contributed by atoms with Crippen molar-refractivity contribution in [3.05, 3.63) is 5.01 Å². The van der Waals surface area contributed by atoms with E-state index in [-0.39, 0.29) is 6.10 Å². The van der Waals surface area contributed by atoms with Crippen molar-refractivity contribution in [1.82, 2.24) is 10.2 Å². The number of rotatable bonds is 3. The summed E-state index contributed by atoms with van der Waals surface area (Å²) < 4.78 is 5.45. The van der Waals surface area contributed by atoms with Gasteiger partial charge in [0.2, 0.25) is 5.13 Å². The summed E-state index contributed by atoms with van der Waals surface area (Å²) in [4.78, 5) is 10.1. The molecule has 88 valence electrons. The molecule has 1 atom stereocenters. The summed E-state index contributed by atoms with van der Waals surface area (Å²) in [5.74, 6) is -0.502. The highest BCUT2D eigenvalue weighted by atomic mass is 35.5. The lowest BCUT2D eigenvalue weighted by molar-refractivity contribution is -0.114. The molecular formula is C8H9Cl2N3O2S. The Kier molecular flexibility index (Phi) is 3.96. The van der Waals surface area contributed by atoms with Gasteiger partial charge in [-0.05, 0) is 12.8 Å². The van der Waals surface area contributed by atoms with Crippen LogP contribution in [-0.4, -0.2) is 27.5 Å². The van der Waals surface area contributed by atoms with Crippen molar-refractivity contribution in [3.8, 4) is 0 Å². The minimum absolute atomic E-state index is 0.00551. The first-order valence-corrected chi connectivity index (χ1v) is 6.40. The van der Waals surface area contributed by atoms with Gasteiger partial charge in [-0.3, -0.25) is 10.1 Å². The predicted octanol–water partition coefficient (Wildman–Crippen LogP) is 2.13. The molecule has 0 saturated carbocycles. The molecule has 1 amide bonds. The summed E-state index contributed by atoms with van der Waals surface area (Å²) in [6.45, 7) is 0.747. The zero-order valence-electron chi connectivity index (χ0n) is 8.15. The second-order valence-corrected chi connectivity index (χ2v) is 5.34. The Morgan fingerprint density at radius 1 is 1.56 bits per heavy atom. The third kappa shape index (κ3) is 2.82. The van der Waals surface area contributed by atoms with Crippen LogP contribution in [0.5, 0.6) is 0 Å². The Hall–Kier alpha value is -0.430. The first-order valence-electron chi connectivity index (χ1n) is 4.71. The maximum Gasteiger partial charge on any atom is 0.259 e. The van der Waals surface area contributed by atoms with E-state index in [4.69, 9.17) is 27.9 Å². The van der Waals surface area contributed by atoms with Crippen molar-refractivity contribution in [2.75, 3.05) is 11.9 Å². The average Bonchev–Trinajstić information content (AvgIpc) is 2.85. The van der Waals surface area contributed by atoms with Gasteiger partial charge in [0.1, 0.15) is 11.1 Å². The molecule has 16 heavy (non-hydrogen) atoms. The highest BCUT2D eigenvalue weighted by molar-refractivity contribution is 7.15. The van der Waals surface area contributed by atoms with Gasteiger partial charge in [-0.25, -0.2) is 0 Å². The molecular weight excluding hydrogens is 273 g/mol. The van der Waals surface area contributed by atoms with E-state index in [1.165, 1.54) is 11.3 Å². The Morgan fingerprint density at radius 3 is 3.00 bits per heavy atom. The van der Waals surface area contributed by atoms with Crippen molar-refractivity contribution in [3.63, 3.8) is 0 Å². The van der Waals surface area contributed by atoms with Gasteiger partial charge in [-0.1, -0.05) is 34.5 Å². The molecule has 2 rings (SSSR count). The number of amides is 1. The summed E-state index contributed by atoms with van der Waals surface area (Å²) in [6, 6.07) is 0. The molecule has 0 spiro atoms. The smallest absolute Gasteiger partial charge is 0.259 e. The molecule has 0 radical (unpaired) electrons. The van der Waals surface area contributed by atoms with Crippen LogP contribution in [0.15, 0.2) is 0 Å². The highest BCUT2D eigenvalue weighted by Crippen LogP contribution is 2.31. The van der Waals surface area contributed by atoms with E-state index in [9.17, 15) is 4.79 Å². The van der Waals surface area contributed by atoms with Crippen LogP contribution in [0, 0.1) is 0 Å². The first kappa shape index (κ1) is 12.0. The molecule has 0 aromatic carbocycles. The van der Waals surface area contributed by atoms with Crippen molar-refractivity contribution >= 4 is 45.6 Å². The Labute approximate surface area is 106 Å². The predicted molar refractivity (Wildman–Crippen MR) is 62.0 cm³/mol. The average molecular weight is 282 g/mol. The Balaban J connectivity index is 1.99. The quantitative estimate of drug-likeness (QED) is 0.863. The molecule has 1 aromatic rings. The number of aromatic nitrogens is 2. The van der Waals surface area contributed by atoms with Crippen LogP contribution in [-0.2, 0) is 9.53 Å². The number of anilines is 1. The third-order valence-corrected chi connectivity index (χ3v) is 3.40. The van der Waals surface area contributed by atoms with Crippen LogP contribution >= 0.6 is 34.5 Å². The fourth-order valence-corrected chi connectivity index (χ4v) is 2.29. The number of carbonyl (C=O) groups excluding carboxylic acids is 1. The van der Waals surface area contributed by atoms with E-state index in [2.05, 4.69) is 15.5 Å². The van der Waals surface area contributed by atoms with E-state index >= 15 is 0 Å². The number of alkyl halides is 2. The fourth-order valence-electron chi connectivity index (χ4n) is 1.35. The first-order chi connectivity index (χ1) is 7.66. The summed E-state index contributed by atoms with van der Waals surface area (Å²) in [5.41, 5.74) is 0. The topological polar surface area (TPSA) is 64.1 Å². The largest absolute Gasteiger partial charge is 0.371 e. The molecule has 0 bridgehead atoms. The number of ether oxygens (including phenoxy) is 1. The SMILES string of the molecule is O=C(Nc1nnc([C@@H]2CCCO2)s1)C(Cl)Cl. The summed E-state index contributed by atoms with van der Waals surface area (Å²) >= 11 is 12.1. The van der Waals surface area contributed by atoms with Gasteiger partial charge < -0.3 is 4.74 Å². The fraction of sp³-hybridized carbons (Fsp3) is 0.625. The number of hydrogen-bond donors (Lipinski definition) is 1. The molecule has 1 aliphatic rings. The van der Waals surface area contributed by atoms with Crippen LogP contribution in [0.25, 0.3) is 0 Å². The van der Waals surface area contributed by atoms with Crippen LogP contribution in [0.3, 0.4) is 0 Å². The lowest BCUT2D eigenvalue weighted by Gasteiger charge is -2.02. The molecule has 1 aliphatic heterocycles. The number of nitrogens with zero attached hydrogens (tertiary/aromatic N) is 2. The van der Waals surface area contributed by atoms with E-state index in [1.807, 2.05) is 0 Å². The number of nitrogens with one attached hydrogen (secondary N) is 1. The zero-order chi connectivity index (χ0) is 11.5. The second kappa shape index (κ2) is 5.27. The molecule has 5 nitrogen and oxygen atoms in total. The van der Waals surface area contributed by atoms with E-state index in [0.29, 0.717) is 5.13 Å². The van der Waals surface area contributed by atoms with Gasteiger partial charge in [0.05, 0.1) is 0 Å². The molecule has 1 saturated heterocycles. The molecule has 1 fully saturated rings. The van der Waals surface area contributed by atoms with Gasteiger partial charge >= 0.3 is 0 Å². The molecule has 0 unspecified atom stereocenters. The summed E-state index contributed by atoms with van der Waals surface area (Å²) in [5, 5.41) is 11.4. The monoisotopic (exact) mass is 281 g/mol. The van der Waals surface area contributed by atoms with Gasteiger partial charge in [-0.15, -0.1) is 10.2 Å². The highest BCUT2D eigenvalue weighted by Gasteiger charge is 2.22. The lowest BCUT2D eigenvalue weighted by atomic mass is 10.2. The third-order valence-electron chi connectivity index (χ3n) is 2.07. The van der Waals surface area contributed by atoms with Crippen molar-refractivity contribution in [2.24, 2.45) is 0 Å². The van der Waals surface area contributed by atoms with Crippen LogP contribution in [0.4, 0.5) is 5.13 Å². The number of carbonyl (C=O) groups is 1. The Bertz CT molecular complexity index is 379. The van der Waals surface area contributed by atoms with Crippen LogP contribution in [0.2, 0.25) is 0 Å². The number of hydrogen-bond acceptors (Lipinski definition) is 5. The van der Waals surface area contributed by atoms with Crippen molar-refractivity contribution in [1.29, 1.82) is 0 Å². The van der Waals surface area contributed by atoms with Crippen LogP contribution < -0.4 is 5.32 Å².